The Morgan fingerprint density at radius 1 is 1.50 bits per heavy atom. The van der Waals surface area contributed by atoms with Gasteiger partial charge in [0.2, 0.25) is 0 Å². The van der Waals surface area contributed by atoms with Crippen LogP contribution in [0.4, 0.5) is 5.82 Å². The van der Waals surface area contributed by atoms with Crippen molar-refractivity contribution in [1.82, 2.24) is 9.97 Å². The molecular weight excluding hydrogens is 222 g/mol. The molecule has 0 saturated heterocycles. The molecule has 0 unspecified atom stereocenters. The van der Waals surface area contributed by atoms with Crippen molar-refractivity contribution in [3.8, 4) is 12.3 Å². The van der Waals surface area contributed by atoms with Crippen molar-refractivity contribution in [3.05, 3.63) is 17.0 Å². The fraction of sp³-hybridized carbons (Fsp3) is 0.500. The first-order valence-electron chi connectivity index (χ1n) is 5.35. The average Bonchev–Trinajstić information content (AvgIpc) is 2.23. The summed E-state index contributed by atoms with van der Waals surface area (Å²) in [6, 6.07) is 1.73. The summed E-state index contributed by atoms with van der Waals surface area (Å²) >= 11 is 5.91. The Kier molecular flexibility index (Phi) is 5.07. The zero-order valence-corrected chi connectivity index (χ0v) is 10.4. The number of terminal acetylenes is 1. The van der Waals surface area contributed by atoms with Crippen LogP contribution < -0.4 is 5.32 Å². The Labute approximate surface area is 102 Å². The molecule has 0 radical (unpaired) electrons. The van der Waals surface area contributed by atoms with Crippen LogP contribution in [-0.4, -0.2) is 16.5 Å². The summed E-state index contributed by atoms with van der Waals surface area (Å²) in [4.78, 5) is 8.53. The third-order valence-electron chi connectivity index (χ3n) is 2.03. The van der Waals surface area contributed by atoms with Crippen molar-refractivity contribution < 1.29 is 0 Å². The van der Waals surface area contributed by atoms with Crippen molar-refractivity contribution in [2.24, 2.45) is 0 Å². The highest BCUT2D eigenvalue weighted by Crippen LogP contribution is 2.16. The second kappa shape index (κ2) is 6.34. The molecule has 0 aliphatic heterocycles. The fourth-order valence-electron chi connectivity index (χ4n) is 1.19. The Hall–Kier alpha value is -1.27. The van der Waals surface area contributed by atoms with Crippen LogP contribution in [0.15, 0.2) is 6.07 Å². The topological polar surface area (TPSA) is 37.8 Å². The first kappa shape index (κ1) is 12.8. The molecule has 0 saturated carbocycles. The maximum atomic E-state index is 5.91. The van der Waals surface area contributed by atoms with Crippen LogP contribution in [-0.2, 0) is 0 Å². The zero-order valence-electron chi connectivity index (χ0n) is 9.63. The normalized spacial score (nSPS) is 10.2. The van der Waals surface area contributed by atoms with E-state index in [-0.39, 0.29) is 5.92 Å². The zero-order chi connectivity index (χ0) is 12.0. The second-order valence-corrected chi connectivity index (χ2v) is 4.21. The van der Waals surface area contributed by atoms with Crippen molar-refractivity contribution in [3.63, 3.8) is 0 Å². The third kappa shape index (κ3) is 4.08. The van der Waals surface area contributed by atoms with E-state index in [1.165, 1.54) is 0 Å². The molecule has 86 valence electrons. The Bertz CT molecular complexity index is 382. The standard InChI is InChI=1S/C12H16ClN3/c1-4-5-6-7-14-11-8-10(13)15-12(16-11)9(2)3/h1,8-9H,5-7H2,2-3H3,(H,14,15,16). The summed E-state index contributed by atoms with van der Waals surface area (Å²) in [7, 11) is 0. The number of aromatic nitrogens is 2. The Balaban J connectivity index is 2.62. The van der Waals surface area contributed by atoms with E-state index in [0.29, 0.717) is 5.15 Å². The molecule has 1 N–H and O–H groups in total. The lowest BCUT2D eigenvalue weighted by Gasteiger charge is -2.08. The minimum absolute atomic E-state index is 0.268. The quantitative estimate of drug-likeness (QED) is 0.486. The van der Waals surface area contributed by atoms with E-state index >= 15 is 0 Å². The Morgan fingerprint density at radius 3 is 2.88 bits per heavy atom. The van der Waals surface area contributed by atoms with Crippen LogP contribution in [0.3, 0.4) is 0 Å². The van der Waals surface area contributed by atoms with Gasteiger partial charge in [0.15, 0.2) is 0 Å². The van der Waals surface area contributed by atoms with Gasteiger partial charge in [-0.15, -0.1) is 12.3 Å². The molecule has 0 aromatic carbocycles. The summed E-state index contributed by atoms with van der Waals surface area (Å²) in [5.74, 6) is 4.39. The van der Waals surface area contributed by atoms with Gasteiger partial charge in [-0.3, -0.25) is 0 Å². The molecule has 16 heavy (non-hydrogen) atoms. The molecule has 0 bridgehead atoms. The maximum Gasteiger partial charge on any atom is 0.135 e. The van der Waals surface area contributed by atoms with E-state index in [1.807, 2.05) is 13.8 Å². The number of hydrogen-bond donors (Lipinski definition) is 1. The minimum Gasteiger partial charge on any atom is -0.370 e. The summed E-state index contributed by atoms with van der Waals surface area (Å²) in [5, 5.41) is 3.65. The van der Waals surface area contributed by atoms with Crippen molar-refractivity contribution >= 4 is 17.4 Å². The lowest BCUT2D eigenvalue weighted by atomic mass is 10.2. The maximum absolute atomic E-state index is 5.91. The molecule has 1 aromatic heterocycles. The van der Waals surface area contributed by atoms with Crippen LogP contribution in [0.1, 0.15) is 38.4 Å². The number of nitrogens with one attached hydrogen (secondary N) is 1. The average molecular weight is 238 g/mol. The summed E-state index contributed by atoms with van der Waals surface area (Å²) in [6.45, 7) is 4.87. The number of halogens is 1. The summed E-state index contributed by atoms with van der Waals surface area (Å²) in [5.41, 5.74) is 0. The minimum atomic E-state index is 0.268. The van der Waals surface area contributed by atoms with Crippen LogP contribution >= 0.6 is 11.6 Å². The van der Waals surface area contributed by atoms with Crippen LogP contribution in [0.25, 0.3) is 0 Å². The lowest BCUT2D eigenvalue weighted by molar-refractivity contribution is 0.773. The SMILES string of the molecule is C#CCCCNc1cc(Cl)nc(C(C)C)n1. The molecule has 0 atom stereocenters. The van der Waals surface area contributed by atoms with Gasteiger partial charge in [0, 0.05) is 24.9 Å². The molecule has 1 heterocycles. The largest absolute Gasteiger partial charge is 0.370 e. The molecule has 3 nitrogen and oxygen atoms in total. The number of hydrogen-bond acceptors (Lipinski definition) is 3. The highest BCUT2D eigenvalue weighted by Gasteiger charge is 2.06. The fourth-order valence-corrected chi connectivity index (χ4v) is 1.38. The van der Waals surface area contributed by atoms with Gasteiger partial charge in [-0.2, -0.15) is 0 Å². The Morgan fingerprint density at radius 2 is 2.25 bits per heavy atom. The van der Waals surface area contributed by atoms with E-state index in [2.05, 4.69) is 21.2 Å². The van der Waals surface area contributed by atoms with Gasteiger partial charge in [0.1, 0.15) is 16.8 Å². The molecule has 0 spiro atoms. The molecule has 0 aliphatic rings. The summed E-state index contributed by atoms with van der Waals surface area (Å²) in [6.07, 6.45) is 6.86. The molecule has 0 fully saturated rings. The van der Waals surface area contributed by atoms with E-state index < -0.39 is 0 Å². The number of anilines is 1. The van der Waals surface area contributed by atoms with Gasteiger partial charge in [0.25, 0.3) is 0 Å². The summed E-state index contributed by atoms with van der Waals surface area (Å²) < 4.78 is 0. The number of nitrogens with zero attached hydrogens (tertiary/aromatic N) is 2. The number of rotatable bonds is 5. The van der Waals surface area contributed by atoms with Crippen LogP contribution in [0.2, 0.25) is 5.15 Å². The third-order valence-corrected chi connectivity index (χ3v) is 2.23. The molecule has 0 aliphatic carbocycles. The van der Waals surface area contributed by atoms with Crippen molar-refractivity contribution in [2.75, 3.05) is 11.9 Å². The van der Waals surface area contributed by atoms with E-state index in [0.717, 1.165) is 31.0 Å². The second-order valence-electron chi connectivity index (χ2n) is 3.82. The van der Waals surface area contributed by atoms with Gasteiger partial charge in [-0.1, -0.05) is 25.4 Å². The van der Waals surface area contributed by atoms with Gasteiger partial charge < -0.3 is 5.32 Å². The van der Waals surface area contributed by atoms with Gasteiger partial charge >= 0.3 is 0 Å². The van der Waals surface area contributed by atoms with Gasteiger partial charge in [-0.25, -0.2) is 9.97 Å². The van der Waals surface area contributed by atoms with Crippen LogP contribution in [0, 0.1) is 12.3 Å². The smallest absolute Gasteiger partial charge is 0.135 e. The van der Waals surface area contributed by atoms with Crippen LogP contribution in [0.5, 0.6) is 0 Å². The molecule has 1 aromatic rings. The van der Waals surface area contributed by atoms with E-state index in [9.17, 15) is 0 Å². The molecule has 0 amide bonds. The monoisotopic (exact) mass is 237 g/mol. The first-order valence-corrected chi connectivity index (χ1v) is 5.73. The van der Waals surface area contributed by atoms with Gasteiger partial charge in [0.05, 0.1) is 0 Å². The molecular formula is C12H16ClN3. The predicted molar refractivity (Wildman–Crippen MR) is 67.7 cm³/mol. The van der Waals surface area contributed by atoms with E-state index in [1.54, 1.807) is 6.07 Å². The highest BCUT2D eigenvalue weighted by molar-refractivity contribution is 6.29. The van der Waals surface area contributed by atoms with E-state index in [4.69, 9.17) is 18.0 Å². The lowest BCUT2D eigenvalue weighted by Crippen LogP contribution is -2.06. The highest BCUT2D eigenvalue weighted by atomic mass is 35.5. The first-order chi connectivity index (χ1) is 7.63. The van der Waals surface area contributed by atoms with Crippen molar-refractivity contribution in [2.45, 2.75) is 32.6 Å². The molecule has 1 rings (SSSR count). The number of unbranched alkanes of at least 4 members (excludes halogenated alkanes) is 1. The van der Waals surface area contributed by atoms with Gasteiger partial charge in [-0.05, 0) is 6.42 Å². The predicted octanol–water partition coefficient (Wildman–Crippen LogP) is 3.08. The molecule has 4 heteroatoms. The van der Waals surface area contributed by atoms with Crippen molar-refractivity contribution in [1.29, 1.82) is 0 Å².